The molecular formula is C16H21N5O4S2. The van der Waals surface area contributed by atoms with Gasteiger partial charge in [-0.2, -0.15) is 0 Å². The number of nitro groups is 1. The van der Waals surface area contributed by atoms with Crippen molar-refractivity contribution in [2.75, 3.05) is 31.7 Å². The van der Waals surface area contributed by atoms with Crippen molar-refractivity contribution >= 4 is 38.5 Å². The van der Waals surface area contributed by atoms with Crippen LogP contribution in [0.4, 0.5) is 11.4 Å². The second-order valence-corrected chi connectivity index (χ2v) is 8.61. The van der Waals surface area contributed by atoms with Gasteiger partial charge in [0.05, 0.1) is 16.4 Å². The van der Waals surface area contributed by atoms with Crippen molar-refractivity contribution in [3.8, 4) is 0 Å². The standard InChI is InChI=1S/C16H21N5O4S2/c1-17-16(20-11-12-4-3-9-26-12)19-8-7-18-14-6-5-13(27(2,24)25)10-15(14)21(22)23/h3-6,9-10,18H,7-8,11H2,1-2H3,(H2,17,19,20). The number of aliphatic imine (C=N–C) groups is 1. The number of nitrogens with one attached hydrogen (secondary N) is 3. The smallest absolute Gasteiger partial charge is 0.293 e. The molecule has 1 heterocycles. The third-order valence-electron chi connectivity index (χ3n) is 3.56. The zero-order valence-electron chi connectivity index (χ0n) is 14.9. The van der Waals surface area contributed by atoms with Crippen molar-refractivity contribution in [3.63, 3.8) is 0 Å². The number of anilines is 1. The minimum absolute atomic E-state index is 0.0870. The normalized spacial score (nSPS) is 11.9. The van der Waals surface area contributed by atoms with Crippen LogP contribution in [0.15, 0.2) is 45.6 Å². The molecule has 0 aliphatic heterocycles. The van der Waals surface area contributed by atoms with Gasteiger partial charge in [0.15, 0.2) is 15.8 Å². The SMILES string of the molecule is CN=C(NCCNc1ccc(S(C)(=O)=O)cc1[N+](=O)[O-])NCc1cccs1. The van der Waals surface area contributed by atoms with Crippen LogP contribution in [0.3, 0.4) is 0 Å². The quantitative estimate of drug-likeness (QED) is 0.199. The molecule has 0 atom stereocenters. The number of nitro benzene ring substituents is 1. The van der Waals surface area contributed by atoms with Crippen molar-refractivity contribution in [1.29, 1.82) is 0 Å². The fourth-order valence-corrected chi connectivity index (χ4v) is 3.51. The molecule has 0 unspecified atom stereocenters. The summed E-state index contributed by atoms with van der Waals surface area (Å²) in [4.78, 5) is 15.8. The van der Waals surface area contributed by atoms with Gasteiger partial charge in [0.1, 0.15) is 5.69 Å². The Labute approximate surface area is 161 Å². The fourth-order valence-electron chi connectivity index (χ4n) is 2.23. The molecule has 2 rings (SSSR count). The number of sulfone groups is 1. The molecule has 0 bridgehead atoms. The van der Waals surface area contributed by atoms with Crippen molar-refractivity contribution in [2.45, 2.75) is 11.4 Å². The Hall–Kier alpha value is -2.66. The summed E-state index contributed by atoms with van der Waals surface area (Å²) in [6.07, 6.45) is 1.01. The molecule has 0 saturated heterocycles. The zero-order valence-corrected chi connectivity index (χ0v) is 16.6. The maximum Gasteiger partial charge on any atom is 0.293 e. The van der Waals surface area contributed by atoms with E-state index in [4.69, 9.17) is 0 Å². The van der Waals surface area contributed by atoms with Crippen LogP contribution in [-0.4, -0.2) is 45.7 Å². The van der Waals surface area contributed by atoms with E-state index in [1.807, 2.05) is 17.5 Å². The van der Waals surface area contributed by atoms with Crippen molar-refractivity contribution in [3.05, 3.63) is 50.7 Å². The van der Waals surface area contributed by atoms with Crippen molar-refractivity contribution in [2.24, 2.45) is 4.99 Å². The molecule has 1 aromatic carbocycles. The Morgan fingerprint density at radius 3 is 2.63 bits per heavy atom. The summed E-state index contributed by atoms with van der Waals surface area (Å²) in [7, 11) is -1.85. The first-order valence-corrected chi connectivity index (χ1v) is 10.8. The number of rotatable bonds is 8. The van der Waals surface area contributed by atoms with Gasteiger partial charge in [-0.3, -0.25) is 15.1 Å². The van der Waals surface area contributed by atoms with Crippen LogP contribution in [0, 0.1) is 10.1 Å². The largest absolute Gasteiger partial charge is 0.378 e. The lowest BCUT2D eigenvalue weighted by Crippen LogP contribution is -2.39. The second-order valence-electron chi connectivity index (χ2n) is 5.57. The molecule has 0 fully saturated rings. The van der Waals surface area contributed by atoms with E-state index in [9.17, 15) is 18.5 Å². The maximum atomic E-state index is 11.6. The van der Waals surface area contributed by atoms with E-state index in [2.05, 4.69) is 20.9 Å². The summed E-state index contributed by atoms with van der Waals surface area (Å²) in [6, 6.07) is 7.81. The first kappa shape index (κ1) is 20.6. The van der Waals surface area contributed by atoms with E-state index < -0.39 is 14.8 Å². The number of hydrogen-bond acceptors (Lipinski definition) is 7. The van der Waals surface area contributed by atoms with Gasteiger partial charge in [0.25, 0.3) is 5.69 Å². The van der Waals surface area contributed by atoms with E-state index in [1.165, 1.54) is 17.0 Å². The Balaban J connectivity index is 1.89. The average Bonchev–Trinajstić information content (AvgIpc) is 3.13. The first-order valence-electron chi connectivity index (χ1n) is 8.00. The van der Waals surface area contributed by atoms with Crippen LogP contribution in [0.5, 0.6) is 0 Å². The monoisotopic (exact) mass is 411 g/mol. The summed E-state index contributed by atoms with van der Waals surface area (Å²) in [5, 5.41) is 22.4. The van der Waals surface area contributed by atoms with E-state index in [-0.39, 0.29) is 16.3 Å². The summed E-state index contributed by atoms with van der Waals surface area (Å²) >= 11 is 1.64. The molecule has 11 heteroatoms. The molecule has 146 valence electrons. The molecule has 0 aliphatic rings. The summed E-state index contributed by atoms with van der Waals surface area (Å²) in [5.41, 5.74) is -0.0196. The predicted molar refractivity (Wildman–Crippen MR) is 107 cm³/mol. The van der Waals surface area contributed by atoms with E-state index in [1.54, 1.807) is 18.4 Å². The number of benzene rings is 1. The highest BCUT2D eigenvalue weighted by molar-refractivity contribution is 7.90. The van der Waals surface area contributed by atoms with Crippen LogP contribution in [0.2, 0.25) is 0 Å². The van der Waals surface area contributed by atoms with E-state index in [0.717, 1.165) is 12.3 Å². The van der Waals surface area contributed by atoms with Crippen LogP contribution in [0.25, 0.3) is 0 Å². The molecule has 27 heavy (non-hydrogen) atoms. The molecule has 0 aliphatic carbocycles. The zero-order chi connectivity index (χ0) is 19.9. The van der Waals surface area contributed by atoms with Gasteiger partial charge in [0, 0.05) is 37.3 Å². The minimum Gasteiger partial charge on any atom is -0.378 e. The molecule has 0 saturated carbocycles. The van der Waals surface area contributed by atoms with E-state index >= 15 is 0 Å². The van der Waals surface area contributed by atoms with E-state index in [0.29, 0.717) is 25.6 Å². The van der Waals surface area contributed by atoms with Gasteiger partial charge in [-0.05, 0) is 23.6 Å². The number of thiophene rings is 1. The summed E-state index contributed by atoms with van der Waals surface area (Å²) < 4.78 is 23.1. The topological polar surface area (TPSA) is 126 Å². The molecule has 1 aromatic heterocycles. The number of nitrogens with zero attached hydrogens (tertiary/aromatic N) is 2. The lowest BCUT2D eigenvalue weighted by molar-refractivity contribution is -0.384. The van der Waals surface area contributed by atoms with Crippen LogP contribution >= 0.6 is 11.3 Å². The second kappa shape index (κ2) is 9.33. The van der Waals surface area contributed by atoms with Crippen molar-refractivity contribution in [1.82, 2.24) is 10.6 Å². The lowest BCUT2D eigenvalue weighted by atomic mass is 10.2. The molecule has 9 nitrogen and oxygen atoms in total. The Morgan fingerprint density at radius 1 is 1.26 bits per heavy atom. The van der Waals surface area contributed by atoms with Crippen LogP contribution < -0.4 is 16.0 Å². The maximum absolute atomic E-state index is 11.6. The highest BCUT2D eigenvalue weighted by atomic mass is 32.2. The minimum atomic E-state index is -3.51. The van der Waals surface area contributed by atoms with Gasteiger partial charge < -0.3 is 16.0 Å². The summed E-state index contributed by atoms with van der Waals surface area (Å²) in [5.74, 6) is 0.618. The van der Waals surface area contributed by atoms with Crippen molar-refractivity contribution < 1.29 is 13.3 Å². The van der Waals surface area contributed by atoms with Gasteiger partial charge in [-0.25, -0.2) is 8.42 Å². The van der Waals surface area contributed by atoms with Crippen LogP contribution in [0.1, 0.15) is 4.88 Å². The highest BCUT2D eigenvalue weighted by Gasteiger charge is 2.18. The Morgan fingerprint density at radius 2 is 2.04 bits per heavy atom. The Bertz CT molecular complexity index is 911. The number of guanidine groups is 1. The molecule has 3 N–H and O–H groups in total. The lowest BCUT2D eigenvalue weighted by Gasteiger charge is -2.12. The average molecular weight is 412 g/mol. The molecular weight excluding hydrogens is 390 g/mol. The highest BCUT2D eigenvalue weighted by Crippen LogP contribution is 2.27. The Kier molecular flexibility index (Phi) is 7.13. The van der Waals surface area contributed by atoms with Gasteiger partial charge >= 0.3 is 0 Å². The van der Waals surface area contributed by atoms with Crippen LogP contribution in [-0.2, 0) is 16.4 Å². The third-order valence-corrected chi connectivity index (χ3v) is 5.55. The van der Waals surface area contributed by atoms with Gasteiger partial charge in [-0.1, -0.05) is 6.07 Å². The predicted octanol–water partition coefficient (Wildman–Crippen LogP) is 1.84. The molecule has 0 radical (unpaired) electrons. The summed E-state index contributed by atoms with van der Waals surface area (Å²) in [6.45, 7) is 1.51. The molecule has 0 amide bonds. The molecule has 2 aromatic rings. The molecule has 0 spiro atoms. The van der Waals surface area contributed by atoms with Gasteiger partial charge in [-0.15, -0.1) is 11.3 Å². The van der Waals surface area contributed by atoms with Gasteiger partial charge in [0.2, 0.25) is 0 Å². The third kappa shape index (κ3) is 6.22. The first-order chi connectivity index (χ1) is 12.8. The number of hydrogen-bond donors (Lipinski definition) is 3. The fraction of sp³-hybridized carbons (Fsp3) is 0.312.